The maximum atomic E-state index is 11.8. The fourth-order valence-electron chi connectivity index (χ4n) is 1.80. The van der Waals surface area contributed by atoms with Gasteiger partial charge in [0.2, 0.25) is 0 Å². The molecular weight excluding hydrogens is 258 g/mol. The van der Waals surface area contributed by atoms with Gasteiger partial charge in [0.05, 0.1) is 5.57 Å². The monoisotopic (exact) mass is 265 g/mol. The number of aliphatic carboxylic acids is 1. The van der Waals surface area contributed by atoms with Gasteiger partial charge in [-0.3, -0.25) is 9.69 Å². The minimum absolute atomic E-state index is 0.0764. The fraction of sp³-hybridized carbons (Fsp3) is 0.0909. The molecule has 0 aliphatic carbocycles. The van der Waals surface area contributed by atoms with Crippen molar-refractivity contribution in [3.8, 4) is 0 Å². The van der Waals surface area contributed by atoms with Crippen LogP contribution in [0.2, 0.25) is 0 Å². The molecule has 0 saturated carbocycles. The zero-order valence-electron chi connectivity index (χ0n) is 8.49. The minimum Gasteiger partial charge on any atom is -0.477 e. The van der Waals surface area contributed by atoms with Crippen LogP contribution in [0.5, 0.6) is 0 Å². The van der Waals surface area contributed by atoms with Gasteiger partial charge in [0.1, 0.15) is 11.1 Å². The number of amides is 1. The molecule has 0 radical (unpaired) electrons. The van der Waals surface area contributed by atoms with Gasteiger partial charge in [-0.1, -0.05) is 0 Å². The number of carbonyl (C=O) groups is 2. The third kappa shape index (κ3) is 1.52. The molecule has 0 bridgehead atoms. The van der Waals surface area contributed by atoms with Crippen molar-refractivity contribution in [2.75, 3.05) is 0 Å². The first-order chi connectivity index (χ1) is 8.18. The molecule has 1 N–H and O–H groups in total. The number of thioether (sulfide) groups is 1. The van der Waals surface area contributed by atoms with Gasteiger partial charge in [-0.2, -0.15) is 11.3 Å². The first-order valence-corrected chi connectivity index (χ1v) is 6.73. The summed E-state index contributed by atoms with van der Waals surface area (Å²) in [5, 5.41) is 14.2. The Kier molecular flexibility index (Phi) is 2.34. The van der Waals surface area contributed by atoms with E-state index in [0.29, 0.717) is 5.57 Å². The molecule has 0 spiro atoms. The smallest absolute Gasteiger partial charge is 0.353 e. The molecule has 6 heteroatoms. The van der Waals surface area contributed by atoms with E-state index in [0.717, 1.165) is 5.56 Å². The first-order valence-electron chi connectivity index (χ1n) is 4.85. The van der Waals surface area contributed by atoms with E-state index in [1.54, 1.807) is 11.3 Å². The summed E-state index contributed by atoms with van der Waals surface area (Å²) >= 11 is 2.92. The van der Waals surface area contributed by atoms with E-state index < -0.39 is 5.97 Å². The van der Waals surface area contributed by atoms with Crippen LogP contribution in [-0.2, 0) is 9.59 Å². The lowest BCUT2D eigenvalue weighted by Crippen LogP contribution is -2.51. The van der Waals surface area contributed by atoms with E-state index in [1.165, 1.54) is 22.1 Å². The SMILES string of the molecule is O=C(O)C1=CS[C@H]2/C(=C\c3ccsc3)C(=O)N12. The lowest BCUT2D eigenvalue weighted by atomic mass is 10.0. The Morgan fingerprint density at radius 3 is 3.00 bits per heavy atom. The molecule has 1 amide bonds. The van der Waals surface area contributed by atoms with Gasteiger partial charge in [-0.05, 0) is 28.5 Å². The van der Waals surface area contributed by atoms with Crippen LogP contribution >= 0.6 is 23.1 Å². The standard InChI is InChI=1S/C11H7NO3S2/c13-9-7(3-6-1-2-16-4-6)10-12(9)8(5-17-10)11(14)15/h1-5,10H,(H,14,15)/b7-3-/t10-/m0/s1. The number of hydrogen-bond acceptors (Lipinski definition) is 4. The molecule has 1 aromatic heterocycles. The highest BCUT2D eigenvalue weighted by Gasteiger charge is 2.49. The molecule has 3 rings (SSSR count). The molecule has 2 aliphatic heterocycles. The van der Waals surface area contributed by atoms with Crippen molar-refractivity contribution in [1.29, 1.82) is 0 Å². The second-order valence-corrected chi connectivity index (χ2v) is 5.36. The molecule has 1 fully saturated rings. The quantitative estimate of drug-likeness (QED) is 0.656. The van der Waals surface area contributed by atoms with Crippen molar-refractivity contribution in [2.24, 2.45) is 0 Å². The van der Waals surface area contributed by atoms with E-state index in [1.807, 2.05) is 22.9 Å². The van der Waals surface area contributed by atoms with E-state index in [9.17, 15) is 9.59 Å². The highest BCUT2D eigenvalue weighted by molar-refractivity contribution is 8.03. The number of nitrogens with zero attached hydrogens (tertiary/aromatic N) is 1. The van der Waals surface area contributed by atoms with E-state index in [4.69, 9.17) is 5.11 Å². The largest absolute Gasteiger partial charge is 0.477 e. The Hall–Kier alpha value is -1.53. The Bertz CT molecular complexity index is 559. The van der Waals surface area contributed by atoms with Crippen molar-refractivity contribution in [3.05, 3.63) is 39.1 Å². The van der Waals surface area contributed by atoms with Crippen LogP contribution in [0.25, 0.3) is 6.08 Å². The summed E-state index contributed by atoms with van der Waals surface area (Å²) in [5.74, 6) is -1.26. The zero-order chi connectivity index (χ0) is 12.0. The maximum Gasteiger partial charge on any atom is 0.353 e. The number of carboxylic acid groups (broad SMARTS) is 1. The molecule has 17 heavy (non-hydrogen) atoms. The van der Waals surface area contributed by atoms with Gasteiger partial charge in [-0.15, -0.1) is 11.8 Å². The normalized spacial score (nSPS) is 24.6. The lowest BCUT2D eigenvalue weighted by molar-refractivity contribution is -0.141. The number of thiophene rings is 1. The number of rotatable bonds is 2. The first kappa shape index (κ1) is 10.6. The van der Waals surface area contributed by atoms with Crippen molar-refractivity contribution in [2.45, 2.75) is 5.37 Å². The average Bonchev–Trinajstić information content (AvgIpc) is 2.93. The van der Waals surface area contributed by atoms with Crippen molar-refractivity contribution in [1.82, 2.24) is 4.90 Å². The van der Waals surface area contributed by atoms with Gasteiger partial charge >= 0.3 is 5.97 Å². The Morgan fingerprint density at radius 1 is 1.53 bits per heavy atom. The average molecular weight is 265 g/mol. The Balaban J connectivity index is 1.87. The fourth-order valence-corrected chi connectivity index (χ4v) is 3.54. The predicted molar refractivity (Wildman–Crippen MR) is 66.2 cm³/mol. The molecule has 1 aromatic rings. The number of carboxylic acids is 1. The summed E-state index contributed by atoms with van der Waals surface area (Å²) < 4.78 is 0. The summed E-state index contributed by atoms with van der Waals surface area (Å²) in [4.78, 5) is 24.0. The van der Waals surface area contributed by atoms with Crippen LogP contribution in [0.1, 0.15) is 5.56 Å². The molecule has 86 valence electrons. The molecule has 0 unspecified atom stereocenters. The van der Waals surface area contributed by atoms with Crippen LogP contribution in [0.4, 0.5) is 0 Å². The van der Waals surface area contributed by atoms with Crippen molar-refractivity contribution < 1.29 is 14.7 Å². The Labute approximate surface area is 105 Å². The van der Waals surface area contributed by atoms with E-state index in [-0.39, 0.29) is 17.0 Å². The summed E-state index contributed by atoms with van der Waals surface area (Å²) in [6, 6.07) is 1.93. The number of carbonyl (C=O) groups excluding carboxylic acids is 1. The number of hydrogen-bond donors (Lipinski definition) is 1. The second-order valence-electron chi connectivity index (χ2n) is 3.63. The number of β-lactam (4-membered cyclic amide) rings is 1. The highest BCUT2D eigenvalue weighted by Crippen LogP contribution is 2.45. The van der Waals surface area contributed by atoms with Crippen LogP contribution in [0.3, 0.4) is 0 Å². The van der Waals surface area contributed by atoms with E-state index >= 15 is 0 Å². The van der Waals surface area contributed by atoms with Gasteiger partial charge in [0, 0.05) is 5.41 Å². The van der Waals surface area contributed by atoms with Crippen LogP contribution in [-0.4, -0.2) is 27.3 Å². The van der Waals surface area contributed by atoms with Gasteiger partial charge in [0.25, 0.3) is 5.91 Å². The van der Waals surface area contributed by atoms with Crippen LogP contribution < -0.4 is 0 Å². The summed E-state index contributed by atoms with van der Waals surface area (Å²) in [6.07, 6.45) is 1.83. The highest BCUT2D eigenvalue weighted by atomic mass is 32.2. The molecule has 4 nitrogen and oxygen atoms in total. The summed E-state index contributed by atoms with van der Waals surface area (Å²) in [7, 11) is 0. The molecule has 1 saturated heterocycles. The minimum atomic E-state index is -1.05. The number of fused-ring (bicyclic) bond motifs is 1. The lowest BCUT2D eigenvalue weighted by Gasteiger charge is -2.37. The molecule has 3 heterocycles. The van der Waals surface area contributed by atoms with E-state index in [2.05, 4.69) is 0 Å². The molecular formula is C11H7NO3S2. The predicted octanol–water partition coefficient (Wildman–Crippen LogP) is 1.97. The summed E-state index contributed by atoms with van der Waals surface area (Å²) in [6.45, 7) is 0. The van der Waals surface area contributed by atoms with Crippen molar-refractivity contribution in [3.63, 3.8) is 0 Å². The van der Waals surface area contributed by atoms with Crippen LogP contribution in [0.15, 0.2) is 33.5 Å². The van der Waals surface area contributed by atoms with Gasteiger partial charge in [0.15, 0.2) is 0 Å². The van der Waals surface area contributed by atoms with Gasteiger partial charge in [-0.25, -0.2) is 4.79 Å². The Morgan fingerprint density at radius 2 is 2.35 bits per heavy atom. The second kappa shape index (κ2) is 3.75. The third-order valence-corrected chi connectivity index (χ3v) is 4.40. The third-order valence-electron chi connectivity index (χ3n) is 2.62. The summed E-state index contributed by atoms with van der Waals surface area (Å²) in [5.41, 5.74) is 1.73. The van der Waals surface area contributed by atoms with Crippen molar-refractivity contribution >= 4 is 41.1 Å². The maximum absolute atomic E-state index is 11.8. The molecule has 0 aromatic carbocycles. The van der Waals surface area contributed by atoms with Crippen LogP contribution in [0, 0.1) is 0 Å². The molecule has 1 atom stereocenters. The molecule has 2 aliphatic rings. The zero-order valence-corrected chi connectivity index (χ0v) is 10.1. The van der Waals surface area contributed by atoms with Gasteiger partial charge < -0.3 is 5.11 Å². The topological polar surface area (TPSA) is 57.6 Å².